The number of rotatable bonds is 3. The van der Waals surface area contributed by atoms with Gasteiger partial charge < -0.3 is 4.90 Å². The van der Waals surface area contributed by atoms with Crippen molar-refractivity contribution in [1.82, 2.24) is 4.98 Å². The predicted molar refractivity (Wildman–Crippen MR) is 62.1 cm³/mol. The van der Waals surface area contributed by atoms with Gasteiger partial charge in [-0.1, -0.05) is 0 Å². The van der Waals surface area contributed by atoms with Crippen LogP contribution in [-0.4, -0.2) is 23.8 Å². The molecule has 3 nitrogen and oxygen atoms in total. The number of pyridine rings is 1. The van der Waals surface area contributed by atoms with Crippen LogP contribution in [0.4, 0.5) is 5.69 Å². The second kappa shape index (κ2) is 4.62. The molecule has 1 amide bonds. The van der Waals surface area contributed by atoms with Gasteiger partial charge in [0.25, 0.3) is 0 Å². The molecule has 1 heterocycles. The number of alkyl halides is 1. The van der Waals surface area contributed by atoms with E-state index in [0.29, 0.717) is 5.88 Å². The van der Waals surface area contributed by atoms with E-state index in [-0.39, 0.29) is 5.91 Å². The maximum Gasteiger partial charge on any atom is 0.233 e. The van der Waals surface area contributed by atoms with Crippen LogP contribution in [0.3, 0.4) is 0 Å². The predicted octanol–water partition coefficient (Wildman–Crippen LogP) is 2.31. The number of carbonyl (C=O) groups is 1. The minimum Gasteiger partial charge on any atom is -0.313 e. The maximum absolute atomic E-state index is 12.0. The van der Waals surface area contributed by atoms with Crippen molar-refractivity contribution < 1.29 is 4.79 Å². The first-order valence-corrected chi connectivity index (χ1v) is 5.26. The van der Waals surface area contributed by atoms with Crippen LogP contribution in [0.25, 0.3) is 0 Å². The Morgan fingerprint density at radius 1 is 1.60 bits per heavy atom. The molecule has 0 N–H and O–H groups in total. The molecule has 0 saturated heterocycles. The number of anilines is 1. The smallest absolute Gasteiger partial charge is 0.233 e. The van der Waals surface area contributed by atoms with Gasteiger partial charge in [0.2, 0.25) is 5.91 Å². The van der Waals surface area contributed by atoms with Crippen molar-refractivity contribution >= 4 is 23.2 Å². The average molecular weight is 227 g/mol. The molecule has 1 aromatic heterocycles. The summed E-state index contributed by atoms with van der Waals surface area (Å²) in [5.41, 5.74) is 0.229. The fraction of sp³-hybridized carbons (Fsp3) is 0.455. The van der Waals surface area contributed by atoms with Crippen LogP contribution < -0.4 is 4.90 Å². The Labute approximate surface area is 95.1 Å². The van der Waals surface area contributed by atoms with Gasteiger partial charge in [0.1, 0.15) is 0 Å². The molecule has 0 fully saturated rings. The van der Waals surface area contributed by atoms with Gasteiger partial charge >= 0.3 is 0 Å². The lowest BCUT2D eigenvalue weighted by Crippen LogP contribution is -2.39. The summed E-state index contributed by atoms with van der Waals surface area (Å²) >= 11 is 5.76. The Hall–Kier alpha value is -1.09. The number of amides is 1. The summed E-state index contributed by atoms with van der Waals surface area (Å²) in [4.78, 5) is 17.6. The number of hydrogen-bond donors (Lipinski definition) is 0. The first-order valence-electron chi connectivity index (χ1n) is 4.73. The Morgan fingerprint density at radius 2 is 2.27 bits per heavy atom. The van der Waals surface area contributed by atoms with E-state index in [1.807, 2.05) is 19.9 Å². The molecule has 4 heteroatoms. The normalized spacial score (nSPS) is 11.2. The van der Waals surface area contributed by atoms with Gasteiger partial charge in [-0.2, -0.15) is 0 Å². The lowest BCUT2D eigenvalue weighted by Gasteiger charge is -2.27. The van der Waals surface area contributed by atoms with Crippen LogP contribution in [-0.2, 0) is 4.79 Å². The number of hydrogen-bond acceptors (Lipinski definition) is 2. The molecule has 15 heavy (non-hydrogen) atoms. The van der Waals surface area contributed by atoms with Crippen molar-refractivity contribution in [3.8, 4) is 0 Å². The van der Waals surface area contributed by atoms with Gasteiger partial charge in [0.05, 0.1) is 17.3 Å². The molecule has 0 aliphatic rings. The van der Waals surface area contributed by atoms with Gasteiger partial charge in [-0.25, -0.2) is 0 Å². The van der Waals surface area contributed by atoms with E-state index >= 15 is 0 Å². The Kier molecular flexibility index (Phi) is 3.69. The topological polar surface area (TPSA) is 33.2 Å². The summed E-state index contributed by atoms with van der Waals surface area (Å²) in [5, 5.41) is 0. The lowest BCUT2D eigenvalue weighted by molar-refractivity contribution is -0.125. The molecule has 0 saturated carbocycles. The first kappa shape index (κ1) is 12.0. The molecule has 1 rings (SSSR count). The van der Waals surface area contributed by atoms with Crippen molar-refractivity contribution in [2.45, 2.75) is 13.8 Å². The molecule has 0 unspecified atom stereocenters. The van der Waals surface area contributed by atoms with Gasteiger partial charge in [0, 0.05) is 19.1 Å². The number of carbonyl (C=O) groups excluding carboxylic acids is 1. The molecular formula is C11H15ClN2O. The van der Waals surface area contributed by atoms with E-state index in [0.717, 1.165) is 5.69 Å². The fourth-order valence-electron chi connectivity index (χ4n) is 1.18. The minimum atomic E-state index is -0.549. The summed E-state index contributed by atoms with van der Waals surface area (Å²) in [7, 11) is 1.73. The van der Waals surface area contributed by atoms with E-state index in [9.17, 15) is 4.79 Å². The number of halogens is 1. The molecule has 0 aromatic carbocycles. The van der Waals surface area contributed by atoms with E-state index in [4.69, 9.17) is 11.6 Å². The summed E-state index contributed by atoms with van der Waals surface area (Å²) in [6, 6.07) is 3.64. The summed E-state index contributed by atoms with van der Waals surface area (Å²) in [5.74, 6) is 0.293. The van der Waals surface area contributed by atoms with E-state index in [1.54, 1.807) is 30.4 Å². The third-order valence-electron chi connectivity index (χ3n) is 2.25. The zero-order chi connectivity index (χ0) is 11.5. The van der Waals surface area contributed by atoms with E-state index in [1.165, 1.54) is 0 Å². The summed E-state index contributed by atoms with van der Waals surface area (Å²) in [6.45, 7) is 3.66. The number of aromatic nitrogens is 1. The molecular weight excluding hydrogens is 212 g/mol. The van der Waals surface area contributed by atoms with E-state index in [2.05, 4.69) is 4.98 Å². The standard InChI is InChI=1S/C11H15ClN2O/c1-11(2,8-12)10(15)14(3)9-5-4-6-13-7-9/h4-7H,8H2,1-3H3. The van der Waals surface area contributed by atoms with Crippen LogP contribution in [0, 0.1) is 5.41 Å². The van der Waals surface area contributed by atoms with Gasteiger partial charge in [0.15, 0.2) is 0 Å². The van der Waals surface area contributed by atoms with Crippen LogP contribution in [0.1, 0.15) is 13.8 Å². The van der Waals surface area contributed by atoms with Crippen molar-refractivity contribution in [2.75, 3.05) is 17.8 Å². The minimum absolute atomic E-state index is 0.00880. The first-order chi connectivity index (χ1) is 6.99. The largest absolute Gasteiger partial charge is 0.313 e. The third kappa shape index (κ3) is 2.69. The van der Waals surface area contributed by atoms with Crippen LogP contribution in [0.5, 0.6) is 0 Å². The molecule has 1 aromatic rings. The molecule has 0 aliphatic heterocycles. The Balaban J connectivity index is 2.87. The highest BCUT2D eigenvalue weighted by Gasteiger charge is 2.30. The van der Waals surface area contributed by atoms with Gasteiger partial charge in [-0.05, 0) is 26.0 Å². The SMILES string of the molecule is CN(C(=O)C(C)(C)CCl)c1cccnc1. The highest BCUT2D eigenvalue weighted by molar-refractivity contribution is 6.20. The molecule has 0 spiro atoms. The Morgan fingerprint density at radius 3 is 2.73 bits per heavy atom. The molecule has 0 bridgehead atoms. The highest BCUT2D eigenvalue weighted by atomic mass is 35.5. The fourth-order valence-corrected chi connectivity index (χ4v) is 1.29. The monoisotopic (exact) mass is 226 g/mol. The van der Waals surface area contributed by atoms with Crippen LogP contribution in [0.2, 0.25) is 0 Å². The summed E-state index contributed by atoms with van der Waals surface area (Å²) < 4.78 is 0. The van der Waals surface area contributed by atoms with Crippen molar-refractivity contribution in [1.29, 1.82) is 0 Å². The van der Waals surface area contributed by atoms with Crippen LogP contribution in [0.15, 0.2) is 24.5 Å². The molecule has 82 valence electrons. The highest BCUT2D eigenvalue weighted by Crippen LogP contribution is 2.23. The van der Waals surface area contributed by atoms with Crippen molar-refractivity contribution in [2.24, 2.45) is 5.41 Å². The zero-order valence-electron chi connectivity index (χ0n) is 9.20. The lowest BCUT2D eigenvalue weighted by atomic mass is 9.94. The molecule has 0 aliphatic carbocycles. The van der Waals surface area contributed by atoms with Gasteiger partial charge in [-0.15, -0.1) is 11.6 Å². The summed E-state index contributed by atoms with van der Waals surface area (Å²) in [6.07, 6.45) is 3.33. The molecule has 0 atom stereocenters. The zero-order valence-corrected chi connectivity index (χ0v) is 9.95. The maximum atomic E-state index is 12.0. The average Bonchev–Trinajstić information content (AvgIpc) is 2.28. The molecule has 0 radical (unpaired) electrons. The Bertz CT molecular complexity index is 338. The second-order valence-electron chi connectivity index (χ2n) is 4.09. The third-order valence-corrected chi connectivity index (χ3v) is 2.92. The van der Waals surface area contributed by atoms with Gasteiger partial charge in [-0.3, -0.25) is 9.78 Å². The second-order valence-corrected chi connectivity index (χ2v) is 4.36. The van der Waals surface area contributed by atoms with Crippen LogP contribution >= 0.6 is 11.6 Å². The van der Waals surface area contributed by atoms with E-state index < -0.39 is 5.41 Å². The van der Waals surface area contributed by atoms with Crippen molar-refractivity contribution in [3.05, 3.63) is 24.5 Å². The quantitative estimate of drug-likeness (QED) is 0.741. The number of nitrogens with zero attached hydrogens (tertiary/aromatic N) is 2. The van der Waals surface area contributed by atoms with Crippen molar-refractivity contribution in [3.63, 3.8) is 0 Å².